The summed E-state index contributed by atoms with van der Waals surface area (Å²) in [6.07, 6.45) is 7.60. The molecule has 1 aromatic carbocycles. The summed E-state index contributed by atoms with van der Waals surface area (Å²) in [5.41, 5.74) is -0.484. The molecule has 21 heavy (non-hydrogen) atoms. The summed E-state index contributed by atoms with van der Waals surface area (Å²) < 4.78 is 41.4. The Kier molecular flexibility index (Phi) is 7.27. The van der Waals surface area contributed by atoms with Crippen molar-refractivity contribution >= 4 is 0 Å². The molecule has 3 heteroatoms. The zero-order chi connectivity index (χ0) is 15.9. The lowest BCUT2D eigenvalue weighted by Gasteiger charge is -2.31. The summed E-state index contributed by atoms with van der Waals surface area (Å²) in [4.78, 5) is 0. The number of halogens is 3. The fourth-order valence-electron chi connectivity index (χ4n) is 3.02. The average molecular weight is 300 g/mol. The van der Waals surface area contributed by atoms with E-state index in [0.29, 0.717) is 0 Å². The number of hydrogen-bond donors (Lipinski definition) is 0. The van der Waals surface area contributed by atoms with Gasteiger partial charge in [0.1, 0.15) is 17.5 Å². The van der Waals surface area contributed by atoms with E-state index in [1.165, 1.54) is 0 Å². The van der Waals surface area contributed by atoms with Crippen LogP contribution in [0.5, 0.6) is 0 Å². The molecule has 0 saturated heterocycles. The molecule has 0 saturated carbocycles. The summed E-state index contributed by atoms with van der Waals surface area (Å²) in [6, 6.07) is 1.60. The highest BCUT2D eigenvalue weighted by Gasteiger charge is 2.32. The summed E-state index contributed by atoms with van der Waals surface area (Å²) in [5.74, 6) is -2.34. The molecular formula is C18H27F3. The van der Waals surface area contributed by atoms with Gasteiger partial charge in [0.2, 0.25) is 0 Å². The van der Waals surface area contributed by atoms with E-state index in [1.54, 1.807) is 0 Å². The molecular weight excluding hydrogens is 273 g/mol. The van der Waals surface area contributed by atoms with Crippen LogP contribution in [0.3, 0.4) is 0 Å². The lowest BCUT2D eigenvalue weighted by Crippen LogP contribution is -2.25. The van der Waals surface area contributed by atoms with Crippen molar-refractivity contribution in [1.82, 2.24) is 0 Å². The monoisotopic (exact) mass is 300 g/mol. The number of hydrogen-bond acceptors (Lipinski definition) is 0. The first-order chi connectivity index (χ1) is 9.94. The molecule has 0 atom stereocenters. The first-order valence-electron chi connectivity index (χ1n) is 8.09. The third-order valence-corrected chi connectivity index (χ3v) is 4.27. The molecule has 0 heterocycles. The van der Waals surface area contributed by atoms with Gasteiger partial charge in [-0.15, -0.1) is 0 Å². The van der Waals surface area contributed by atoms with Crippen molar-refractivity contribution in [3.05, 3.63) is 35.1 Å². The quantitative estimate of drug-likeness (QED) is 0.455. The third kappa shape index (κ3) is 5.05. The van der Waals surface area contributed by atoms with E-state index in [1.807, 2.05) is 6.92 Å². The lowest BCUT2D eigenvalue weighted by molar-refractivity contribution is 0.337. The normalized spacial score (nSPS) is 11.9. The highest BCUT2D eigenvalue weighted by Crippen LogP contribution is 2.38. The van der Waals surface area contributed by atoms with Crippen molar-refractivity contribution in [1.29, 1.82) is 0 Å². The van der Waals surface area contributed by atoms with Gasteiger partial charge in [-0.2, -0.15) is 0 Å². The molecule has 0 aliphatic heterocycles. The number of benzene rings is 1. The maximum atomic E-state index is 14.1. The van der Waals surface area contributed by atoms with Crippen LogP contribution in [0, 0.1) is 17.5 Å². The van der Waals surface area contributed by atoms with Crippen molar-refractivity contribution in [2.45, 2.75) is 77.6 Å². The van der Waals surface area contributed by atoms with Gasteiger partial charge in [0.05, 0.1) is 0 Å². The van der Waals surface area contributed by atoms with E-state index >= 15 is 0 Å². The molecule has 0 aliphatic carbocycles. The second-order valence-corrected chi connectivity index (χ2v) is 6.22. The van der Waals surface area contributed by atoms with Gasteiger partial charge in [0.15, 0.2) is 0 Å². The zero-order valence-electron chi connectivity index (χ0n) is 13.4. The first kappa shape index (κ1) is 18.1. The molecule has 0 spiro atoms. The van der Waals surface area contributed by atoms with Gasteiger partial charge in [-0.1, -0.05) is 59.3 Å². The standard InChI is InChI=1S/C18H27F3/c1-4-6-8-10-18(3,11-9-7-5-2)17-15(20)12-14(19)13-16(17)21/h12-13H,4-11H2,1-3H3. The first-order valence-corrected chi connectivity index (χ1v) is 8.09. The van der Waals surface area contributed by atoms with Gasteiger partial charge in [-0.25, -0.2) is 13.2 Å². The largest absolute Gasteiger partial charge is 0.207 e. The third-order valence-electron chi connectivity index (χ3n) is 4.27. The van der Waals surface area contributed by atoms with Crippen LogP contribution in [0.4, 0.5) is 13.2 Å². The molecule has 120 valence electrons. The Balaban J connectivity index is 3.04. The maximum Gasteiger partial charge on any atom is 0.132 e. The average Bonchev–Trinajstić information content (AvgIpc) is 2.38. The zero-order valence-corrected chi connectivity index (χ0v) is 13.4. The van der Waals surface area contributed by atoms with E-state index < -0.39 is 22.9 Å². The van der Waals surface area contributed by atoms with Crippen LogP contribution in [0.1, 0.15) is 77.7 Å². The summed E-state index contributed by atoms with van der Waals surface area (Å²) in [7, 11) is 0. The van der Waals surface area contributed by atoms with Crippen molar-refractivity contribution in [2.24, 2.45) is 0 Å². The molecule has 0 N–H and O–H groups in total. The fraction of sp³-hybridized carbons (Fsp3) is 0.667. The minimum atomic E-state index is -0.849. The SMILES string of the molecule is CCCCCC(C)(CCCCC)c1c(F)cc(F)cc1F. The van der Waals surface area contributed by atoms with Crippen molar-refractivity contribution < 1.29 is 13.2 Å². The van der Waals surface area contributed by atoms with Gasteiger partial charge in [0, 0.05) is 17.7 Å². The highest BCUT2D eigenvalue weighted by atomic mass is 19.1. The Labute approximate surface area is 126 Å². The minimum absolute atomic E-state index is 0.0658. The Hall–Kier alpha value is -0.990. The molecule has 0 radical (unpaired) electrons. The number of unbranched alkanes of at least 4 members (excludes halogenated alkanes) is 4. The van der Waals surface area contributed by atoms with Crippen molar-refractivity contribution in [2.75, 3.05) is 0 Å². The molecule has 0 nitrogen and oxygen atoms in total. The van der Waals surface area contributed by atoms with Crippen LogP contribution in [-0.2, 0) is 5.41 Å². The van der Waals surface area contributed by atoms with Gasteiger partial charge in [0.25, 0.3) is 0 Å². The van der Waals surface area contributed by atoms with E-state index in [2.05, 4.69) is 13.8 Å². The van der Waals surface area contributed by atoms with E-state index in [-0.39, 0.29) is 5.56 Å². The van der Waals surface area contributed by atoms with E-state index in [0.717, 1.165) is 63.5 Å². The van der Waals surface area contributed by atoms with Gasteiger partial charge in [-0.05, 0) is 18.3 Å². The molecule has 0 bridgehead atoms. The Morgan fingerprint density at radius 3 is 1.62 bits per heavy atom. The molecule has 1 aromatic rings. The van der Waals surface area contributed by atoms with Crippen LogP contribution in [-0.4, -0.2) is 0 Å². The van der Waals surface area contributed by atoms with Crippen LogP contribution in [0.15, 0.2) is 12.1 Å². The van der Waals surface area contributed by atoms with E-state index in [9.17, 15) is 13.2 Å². The molecule has 0 amide bonds. The predicted molar refractivity (Wildman–Crippen MR) is 82.0 cm³/mol. The summed E-state index contributed by atoms with van der Waals surface area (Å²) >= 11 is 0. The van der Waals surface area contributed by atoms with Crippen molar-refractivity contribution in [3.63, 3.8) is 0 Å². The van der Waals surface area contributed by atoms with Gasteiger partial charge >= 0.3 is 0 Å². The van der Waals surface area contributed by atoms with Gasteiger partial charge in [-0.3, -0.25) is 0 Å². The van der Waals surface area contributed by atoms with Crippen LogP contribution < -0.4 is 0 Å². The molecule has 0 unspecified atom stereocenters. The lowest BCUT2D eigenvalue weighted by atomic mass is 9.73. The number of rotatable bonds is 9. The molecule has 0 aromatic heterocycles. The highest BCUT2D eigenvalue weighted by molar-refractivity contribution is 5.29. The molecule has 0 fully saturated rings. The second-order valence-electron chi connectivity index (χ2n) is 6.22. The van der Waals surface area contributed by atoms with Gasteiger partial charge < -0.3 is 0 Å². The van der Waals surface area contributed by atoms with E-state index in [4.69, 9.17) is 0 Å². The summed E-state index contributed by atoms with van der Waals surface area (Å²) in [6.45, 7) is 6.12. The van der Waals surface area contributed by atoms with Crippen LogP contribution >= 0.6 is 0 Å². The smallest absolute Gasteiger partial charge is 0.132 e. The molecule has 0 aliphatic rings. The predicted octanol–water partition coefficient (Wildman–Crippen LogP) is 6.52. The topological polar surface area (TPSA) is 0 Å². The van der Waals surface area contributed by atoms with Crippen molar-refractivity contribution in [3.8, 4) is 0 Å². The Morgan fingerprint density at radius 1 is 0.810 bits per heavy atom. The fourth-order valence-corrected chi connectivity index (χ4v) is 3.02. The van der Waals surface area contributed by atoms with Crippen LogP contribution in [0.2, 0.25) is 0 Å². The Morgan fingerprint density at radius 2 is 1.24 bits per heavy atom. The summed E-state index contributed by atoms with van der Waals surface area (Å²) in [5, 5.41) is 0. The maximum absolute atomic E-state index is 14.1. The van der Waals surface area contributed by atoms with Crippen LogP contribution in [0.25, 0.3) is 0 Å². The Bertz CT molecular complexity index is 407. The molecule has 1 rings (SSSR count). The second kappa shape index (κ2) is 8.45. The minimum Gasteiger partial charge on any atom is -0.207 e.